The van der Waals surface area contributed by atoms with Gasteiger partial charge >= 0.3 is 0 Å². The first-order valence-corrected chi connectivity index (χ1v) is 24.5. The Balaban J connectivity index is 0.764. The van der Waals surface area contributed by atoms with Crippen LogP contribution in [0.25, 0.3) is 0 Å². The second kappa shape index (κ2) is 21.9. The average Bonchev–Trinajstić information content (AvgIpc) is 3.57. The average molecular weight is 980 g/mol. The van der Waals surface area contributed by atoms with Gasteiger partial charge in [-0.05, 0) is 102 Å². The number of hydrogen-bond donors (Lipinski definition) is 6. The number of piperazine rings is 1. The minimum absolute atomic E-state index is 0.00788. The molecule has 0 radical (unpaired) electrons. The van der Waals surface area contributed by atoms with Gasteiger partial charge < -0.3 is 35.8 Å². The Bertz CT molecular complexity index is 2770. The molecule has 3 aliphatic rings. The molecule has 2 saturated heterocycles. The van der Waals surface area contributed by atoms with Crippen molar-refractivity contribution in [2.24, 2.45) is 0 Å². The van der Waals surface area contributed by atoms with Crippen molar-refractivity contribution in [3.05, 3.63) is 89.6 Å². The lowest BCUT2D eigenvalue weighted by Crippen LogP contribution is -2.54. The molecular formula is C48H57N11O10S. The van der Waals surface area contributed by atoms with E-state index >= 15 is 0 Å². The number of rotatable bonds is 19. The number of piperidine rings is 1. The van der Waals surface area contributed by atoms with Gasteiger partial charge in [-0.25, -0.2) is 18.1 Å². The van der Waals surface area contributed by atoms with Gasteiger partial charge in [0.1, 0.15) is 17.6 Å². The third-order valence-electron chi connectivity index (χ3n) is 11.5. The standard InChI is InChI=1S/C48H57N11O10S/c1-30-28-51-47(55-43(30)52-32-9-7-10-34(27-32)70(67,68)56-48(2,3)4)53-31-13-15-33(16-14-31)57-23-25-58(26-24-57)41(63)20-19-38(60)49-21-5-6-22-50-40(62)29-69-37-12-8-11-35-42(37)46(66)59(45(35)65)36-17-18-39(61)54-44(36)64/h7-16,27-28,36,56H,5-6,17-26,29H2,1-4H3,(H,49,60)(H,50,62)(H,54,61,64)(H2,51,52,53,55). The van der Waals surface area contributed by atoms with Gasteiger partial charge in [-0.3, -0.25) is 43.8 Å². The minimum Gasteiger partial charge on any atom is -0.483 e. The number of hydrogen-bond acceptors (Lipinski definition) is 15. The maximum Gasteiger partial charge on any atom is 0.266 e. The molecule has 0 saturated carbocycles. The lowest BCUT2D eigenvalue weighted by atomic mass is 10.0. The molecule has 3 aromatic carbocycles. The van der Waals surface area contributed by atoms with Gasteiger partial charge in [-0.15, -0.1) is 0 Å². The molecule has 21 nitrogen and oxygen atoms in total. The van der Waals surface area contributed by atoms with Crippen LogP contribution in [0, 0.1) is 6.92 Å². The van der Waals surface area contributed by atoms with Gasteiger partial charge in [-0.2, -0.15) is 4.98 Å². The summed E-state index contributed by atoms with van der Waals surface area (Å²) in [7, 11) is -3.73. The smallest absolute Gasteiger partial charge is 0.266 e. The number of fused-ring (bicyclic) bond motifs is 1. The third kappa shape index (κ3) is 12.8. The van der Waals surface area contributed by atoms with E-state index in [0.29, 0.717) is 69.6 Å². The lowest BCUT2D eigenvalue weighted by molar-refractivity contribution is -0.136. The molecule has 0 bridgehead atoms. The topological polar surface area (TPSA) is 271 Å². The summed E-state index contributed by atoms with van der Waals surface area (Å²) in [6.07, 6.45) is 2.94. The number of ether oxygens (including phenoxy) is 1. The fraction of sp³-hybridized carbons (Fsp3) is 0.396. The van der Waals surface area contributed by atoms with Crippen LogP contribution in [0.4, 0.5) is 28.8 Å². The first-order chi connectivity index (χ1) is 33.3. The Hall–Kier alpha value is -7.46. The van der Waals surface area contributed by atoms with E-state index in [0.717, 1.165) is 21.8 Å². The van der Waals surface area contributed by atoms with Crippen molar-refractivity contribution in [3.8, 4) is 5.75 Å². The molecule has 7 amide bonds. The summed E-state index contributed by atoms with van der Waals surface area (Å²) in [5.74, 6) is -2.52. The van der Waals surface area contributed by atoms with Crippen molar-refractivity contribution in [2.75, 3.05) is 61.4 Å². The molecule has 370 valence electrons. The van der Waals surface area contributed by atoms with Crippen LogP contribution in [0.1, 0.15) is 85.6 Å². The highest BCUT2D eigenvalue weighted by molar-refractivity contribution is 7.89. The summed E-state index contributed by atoms with van der Waals surface area (Å²) in [6.45, 7) is 9.70. The van der Waals surface area contributed by atoms with E-state index in [1.807, 2.05) is 31.2 Å². The Morgan fingerprint density at radius 3 is 2.23 bits per heavy atom. The Labute approximate surface area is 405 Å². The van der Waals surface area contributed by atoms with Gasteiger partial charge in [0.15, 0.2) is 6.61 Å². The van der Waals surface area contributed by atoms with Crippen molar-refractivity contribution >= 4 is 80.2 Å². The highest BCUT2D eigenvalue weighted by Crippen LogP contribution is 2.34. The summed E-state index contributed by atoms with van der Waals surface area (Å²) in [6, 6.07) is 17.6. The SMILES string of the molecule is Cc1cnc(Nc2ccc(N3CCN(C(=O)CCC(=O)NCCCCNC(=O)COc4cccc5c4C(=O)N(C4CCC(=O)NC4=O)C5=O)CC3)cc2)nc1Nc1cccc(S(=O)(=O)NC(C)(C)C)c1. The van der Waals surface area contributed by atoms with Crippen LogP contribution in [0.3, 0.4) is 0 Å². The fourth-order valence-electron chi connectivity index (χ4n) is 8.04. The van der Waals surface area contributed by atoms with E-state index in [4.69, 9.17) is 4.74 Å². The highest BCUT2D eigenvalue weighted by atomic mass is 32.2. The first-order valence-electron chi connectivity index (χ1n) is 23.0. The lowest BCUT2D eigenvalue weighted by Gasteiger charge is -2.36. The minimum atomic E-state index is -3.73. The molecule has 3 aliphatic heterocycles. The zero-order valence-electron chi connectivity index (χ0n) is 39.4. The molecule has 70 heavy (non-hydrogen) atoms. The van der Waals surface area contributed by atoms with E-state index in [-0.39, 0.29) is 59.3 Å². The third-order valence-corrected chi connectivity index (χ3v) is 13.3. The van der Waals surface area contributed by atoms with Crippen molar-refractivity contribution in [1.82, 2.24) is 40.4 Å². The number of imide groups is 2. The summed E-state index contributed by atoms with van der Waals surface area (Å²) >= 11 is 0. The second-order valence-electron chi connectivity index (χ2n) is 18.1. The number of sulfonamides is 1. The normalized spacial score (nSPS) is 16.1. The number of nitrogens with one attached hydrogen (secondary N) is 6. The fourth-order valence-corrected chi connectivity index (χ4v) is 9.50. The van der Waals surface area contributed by atoms with E-state index in [1.165, 1.54) is 24.3 Å². The van der Waals surface area contributed by atoms with Crippen LogP contribution in [-0.4, -0.2) is 127 Å². The first kappa shape index (κ1) is 50.4. The number of aromatic nitrogens is 2. The van der Waals surface area contributed by atoms with Crippen molar-refractivity contribution < 1.29 is 46.7 Å². The van der Waals surface area contributed by atoms with Gasteiger partial charge in [0.05, 0.1) is 16.0 Å². The van der Waals surface area contributed by atoms with Gasteiger partial charge in [0.2, 0.25) is 39.6 Å². The van der Waals surface area contributed by atoms with E-state index in [2.05, 4.69) is 46.2 Å². The molecule has 7 rings (SSSR count). The molecule has 6 N–H and O–H groups in total. The molecule has 1 unspecified atom stereocenters. The van der Waals surface area contributed by atoms with Crippen molar-refractivity contribution in [3.63, 3.8) is 0 Å². The summed E-state index contributed by atoms with van der Waals surface area (Å²) in [5.41, 5.74) is 2.43. The Kier molecular flexibility index (Phi) is 15.8. The molecule has 0 spiro atoms. The van der Waals surface area contributed by atoms with Gasteiger partial charge in [0.25, 0.3) is 17.7 Å². The highest BCUT2D eigenvalue weighted by Gasteiger charge is 2.46. The number of benzene rings is 3. The second-order valence-corrected chi connectivity index (χ2v) is 19.8. The van der Waals surface area contributed by atoms with Crippen LogP contribution in [0.5, 0.6) is 5.75 Å². The zero-order chi connectivity index (χ0) is 50.2. The summed E-state index contributed by atoms with van der Waals surface area (Å²) in [5, 5.41) is 14.1. The predicted molar refractivity (Wildman–Crippen MR) is 258 cm³/mol. The van der Waals surface area contributed by atoms with Crippen LogP contribution in [0.2, 0.25) is 0 Å². The van der Waals surface area contributed by atoms with Crippen LogP contribution >= 0.6 is 0 Å². The van der Waals surface area contributed by atoms with Crippen molar-refractivity contribution in [2.45, 2.75) is 82.7 Å². The molecule has 1 atom stereocenters. The number of carbonyl (C=O) groups excluding carboxylic acids is 7. The number of nitrogens with zero attached hydrogens (tertiary/aromatic N) is 5. The molecule has 0 aliphatic carbocycles. The predicted octanol–water partition coefficient (Wildman–Crippen LogP) is 3.27. The summed E-state index contributed by atoms with van der Waals surface area (Å²) in [4.78, 5) is 102. The maximum atomic E-state index is 13.2. The van der Waals surface area contributed by atoms with Gasteiger partial charge in [-0.1, -0.05) is 12.1 Å². The molecule has 4 aromatic rings. The van der Waals surface area contributed by atoms with Crippen LogP contribution in [-0.2, 0) is 34.0 Å². The quantitative estimate of drug-likeness (QED) is 0.0582. The van der Waals surface area contributed by atoms with E-state index in [9.17, 15) is 42.0 Å². The Morgan fingerprint density at radius 1 is 0.829 bits per heavy atom. The Morgan fingerprint density at radius 2 is 1.53 bits per heavy atom. The molecular weight excluding hydrogens is 923 g/mol. The number of amides is 7. The maximum absolute atomic E-state index is 13.2. The molecule has 2 fully saturated rings. The molecule has 22 heteroatoms. The van der Waals surface area contributed by atoms with Crippen LogP contribution < -0.4 is 40.9 Å². The van der Waals surface area contributed by atoms with Crippen molar-refractivity contribution in [1.29, 1.82) is 0 Å². The number of anilines is 5. The van der Waals surface area contributed by atoms with Crippen LogP contribution in [0.15, 0.2) is 77.8 Å². The van der Waals surface area contributed by atoms with Gasteiger partial charge in [0, 0.05) is 92.9 Å². The monoisotopic (exact) mass is 979 g/mol. The summed E-state index contributed by atoms with van der Waals surface area (Å²) < 4.78 is 34.1. The zero-order valence-corrected chi connectivity index (χ0v) is 40.2. The molecule has 1 aromatic heterocycles. The number of aryl methyl sites for hydroxylation is 1. The largest absolute Gasteiger partial charge is 0.483 e. The number of unbranched alkanes of at least 4 members (excludes halogenated alkanes) is 1. The number of carbonyl (C=O) groups is 7. The van der Waals surface area contributed by atoms with E-state index < -0.39 is 57.7 Å². The van der Waals surface area contributed by atoms with E-state index in [1.54, 1.807) is 50.1 Å². The molecule has 4 heterocycles.